The summed E-state index contributed by atoms with van der Waals surface area (Å²) in [7, 11) is 0. The molecule has 11 N–H and O–H groups in total. The molecule has 0 aliphatic rings. The van der Waals surface area contributed by atoms with Crippen molar-refractivity contribution in [2.45, 2.75) is 70.1 Å². The molecule has 0 aromatic heterocycles. The number of hydrogen-bond acceptors (Lipinski definition) is 8. The lowest BCUT2D eigenvalue weighted by Crippen LogP contribution is -2.58. The second-order valence-corrected chi connectivity index (χ2v) is 8.03. The fraction of sp³-hybridized carbons (Fsp3) is 0.632. The predicted octanol–water partition coefficient (Wildman–Crippen LogP) is -3.49. The highest BCUT2D eigenvalue weighted by Gasteiger charge is 2.32. The molecule has 0 aliphatic heterocycles. The van der Waals surface area contributed by atoms with Gasteiger partial charge in [0.25, 0.3) is 0 Å². The van der Waals surface area contributed by atoms with E-state index < -0.39 is 84.9 Å². The minimum Gasteiger partial charge on any atom is -0.481 e. The molecule has 0 aromatic carbocycles. The molecular formula is C19H32N6O9. The van der Waals surface area contributed by atoms with Crippen molar-refractivity contribution in [3.8, 4) is 0 Å². The van der Waals surface area contributed by atoms with Gasteiger partial charge < -0.3 is 43.4 Å². The topological polar surface area (TPSA) is 274 Å². The number of amides is 5. The Morgan fingerprint density at radius 3 is 1.62 bits per heavy atom. The number of aliphatic carboxylic acids is 2. The molecule has 192 valence electrons. The van der Waals surface area contributed by atoms with E-state index in [-0.39, 0.29) is 18.8 Å². The average molecular weight is 488 g/mol. The molecule has 0 heterocycles. The Morgan fingerprint density at radius 1 is 0.735 bits per heavy atom. The van der Waals surface area contributed by atoms with Crippen molar-refractivity contribution in [2.24, 2.45) is 23.1 Å². The smallest absolute Gasteiger partial charge is 0.326 e. The van der Waals surface area contributed by atoms with Crippen molar-refractivity contribution in [3.05, 3.63) is 0 Å². The van der Waals surface area contributed by atoms with Crippen LogP contribution in [0.4, 0.5) is 0 Å². The SMILES string of the molecule is CC(C)CC(N)C(=O)NC(CCC(=O)O)C(=O)NC(CC(N)=O)C(=O)NC(CC(N)=O)C(=O)O. The van der Waals surface area contributed by atoms with Gasteiger partial charge in [-0.3, -0.25) is 28.8 Å². The summed E-state index contributed by atoms with van der Waals surface area (Å²) in [5, 5.41) is 24.5. The quantitative estimate of drug-likeness (QED) is 0.106. The molecular weight excluding hydrogens is 456 g/mol. The van der Waals surface area contributed by atoms with Crippen LogP contribution in [0.25, 0.3) is 0 Å². The van der Waals surface area contributed by atoms with Crippen LogP contribution in [0.5, 0.6) is 0 Å². The van der Waals surface area contributed by atoms with Crippen molar-refractivity contribution in [1.29, 1.82) is 0 Å². The van der Waals surface area contributed by atoms with Crippen LogP contribution in [0.2, 0.25) is 0 Å². The number of nitrogens with one attached hydrogen (secondary N) is 3. The van der Waals surface area contributed by atoms with Gasteiger partial charge in [0, 0.05) is 6.42 Å². The van der Waals surface area contributed by atoms with Crippen molar-refractivity contribution in [2.75, 3.05) is 0 Å². The van der Waals surface area contributed by atoms with Crippen molar-refractivity contribution < 1.29 is 43.8 Å². The number of carbonyl (C=O) groups excluding carboxylic acids is 5. The van der Waals surface area contributed by atoms with E-state index in [4.69, 9.17) is 27.4 Å². The summed E-state index contributed by atoms with van der Waals surface area (Å²) in [5.41, 5.74) is 15.8. The van der Waals surface area contributed by atoms with Gasteiger partial charge in [-0.2, -0.15) is 0 Å². The monoisotopic (exact) mass is 488 g/mol. The molecule has 0 radical (unpaired) electrons. The number of carboxylic acid groups (broad SMARTS) is 2. The molecule has 0 saturated carbocycles. The molecule has 34 heavy (non-hydrogen) atoms. The van der Waals surface area contributed by atoms with Gasteiger partial charge in [0.15, 0.2) is 0 Å². The number of hydrogen-bond donors (Lipinski definition) is 8. The van der Waals surface area contributed by atoms with Crippen molar-refractivity contribution >= 4 is 41.5 Å². The lowest BCUT2D eigenvalue weighted by molar-refractivity contribution is -0.144. The van der Waals surface area contributed by atoms with Crippen molar-refractivity contribution in [3.63, 3.8) is 0 Å². The maximum atomic E-state index is 12.7. The summed E-state index contributed by atoms with van der Waals surface area (Å²) in [6.07, 6.45) is -2.13. The second-order valence-electron chi connectivity index (χ2n) is 8.03. The van der Waals surface area contributed by atoms with Gasteiger partial charge in [-0.25, -0.2) is 4.79 Å². The Morgan fingerprint density at radius 2 is 1.18 bits per heavy atom. The third kappa shape index (κ3) is 12.3. The first kappa shape index (κ1) is 30.2. The van der Waals surface area contributed by atoms with Gasteiger partial charge in [-0.05, 0) is 18.8 Å². The zero-order valence-electron chi connectivity index (χ0n) is 18.9. The number of nitrogens with two attached hydrogens (primary N) is 3. The van der Waals surface area contributed by atoms with Crippen LogP contribution in [0.3, 0.4) is 0 Å². The maximum absolute atomic E-state index is 12.7. The van der Waals surface area contributed by atoms with E-state index in [0.29, 0.717) is 0 Å². The fourth-order valence-electron chi connectivity index (χ4n) is 2.79. The summed E-state index contributed by atoms with van der Waals surface area (Å²) in [6.45, 7) is 3.63. The fourth-order valence-corrected chi connectivity index (χ4v) is 2.79. The number of carboxylic acids is 2. The van der Waals surface area contributed by atoms with Crippen LogP contribution in [-0.4, -0.2) is 75.9 Å². The molecule has 0 rings (SSSR count). The number of carbonyl (C=O) groups is 7. The molecule has 0 fully saturated rings. The van der Waals surface area contributed by atoms with Crippen LogP contribution < -0.4 is 33.2 Å². The summed E-state index contributed by atoms with van der Waals surface area (Å²) >= 11 is 0. The highest BCUT2D eigenvalue weighted by Crippen LogP contribution is 2.06. The second kappa shape index (κ2) is 14.4. The van der Waals surface area contributed by atoms with Crippen LogP contribution in [0.1, 0.15) is 46.0 Å². The molecule has 15 nitrogen and oxygen atoms in total. The molecule has 0 bridgehead atoms. The highest BCUT2D eigenvalue weighted by atomic mass is 16.4. The lowest BCUT2D eigenvalue weighted by Gasteiger charge is -2.24. The van der Waals surface area contributed by atoms with Crippen LogP contribution >= 0.6 is 0 Å². The number of rotatable bonds is 16. The van der Waals surface area contributed by atoms with E-state index in [1.54, 1.807) is 0 Å². The largest absolute Gasteiger partial charge is 0.481 e. The molecule has 0 saturated heterocycles. The third-order valence-corrected chi connectivity index (χ3v) is 4.40. The van der Waals surface area contributed by atoms with Gasteiger partial charge >= 0.3 is 11.9 Å². The first-order chi connectivity index (χ1) is 15.6. The minimum atomic E-state index is -1.74. The molecule has 4 unspecified atom stereocenters. The highest BCUT2D eigenvalue weighted by molar-refractivity contribution is 5.96. The summed E-state index contributed by atoms with van der Waals surface area (Å²) in [5.74, 6) is -7.80. The van der Waals surface area contributed by atoms with Gasteiger partial charge in [0.2, 0.25) is 29.5 Å². The van der Waals surface area contributed by atoms with Crippen LogP contribution in [0.15, 0.2) is 0 Å². The standard InChI is InChI=1S/C19H32N6O9/c1-8(2)5-9(20)16(30)23-10(3-4-15(28)29)17(31)24-11(6-13(21)26)18(32)25-12(19(33)34)7-14(22)27/h8-12H,3-7,20H2,1-2H3,(H2,21,26)(H2,22,27)(H,23,30)(H,24,31)(H,25,32)(H,28,29)(H,33,34). The predicted molar refractivity (Wildman–Crippen MR) is 115 cm³/mol. The van der Waals surface area contributed by atoms with E-state index in [0.717, 1.165) is 0 Å². The van der Waals surface area contributed by atoms with Gasteiger partial charge in [0.1, 0.15) is 18.1 Å². The Bertz CT molecular complexity index is 801. The van der Waals surface area contributed by atoms with Crippen molar-refractivity contribution in [1.82, 2.24) is 16.0 Å². The first-order valence-corrected chi connectivity index (χ1v) is 10.3. The van der Waals surface area contributed by atoms with E-state index in [2.05, 4.69) is 10.6 Å². The Balaban J connectivity index is 5.60. The molecule has 5 amide bonds. The van der Waals surface area contributed by atoms with Gasteiger partial charge in [-0.1, -0.05) is 13.8 Å². The minimum absolute atomic E-state index is 0.0540. The Labute approximate surface area is 195 Å². The van der Waals surface area contributed by atoms with Gasteiger partial charge in [0.05, 0.1) is 18.9 Å². The van der Waals surface area contributed by atoms with E-state index in [9.17, 15) is 33.6 Å². The van der Waals surface area contributed by atoms with E-state index >= 15 is 0 Å². The Kier molecular flexibility index (Phi) is 12.8. The summed E-state index contributed by atoms with van der Waals surface area (Å²) < 4.78 is 0. The zero-order valence-corrected chi connectivity index (χ0v) is 18.9. The van der Waals surface area contributed by atoms with E-state index in [1.165, 1.54) is 0 Å². The molecule has 0 aromatic rings. The summed E-state index contributed by atoms with van der Waals surface area (Å²) in [6, 6.07) is -5.86. The van der Waals surface area contributed by atoms with Gasteiger partial charge in [-0.15, -0.1) is 0 Å². The lowest BCUT2D eigenvalue weighted by atomic mass is 10.0. The number of primary amides is 2. The molecule has 0 spiro atoms. The zero-order chi connectivity index (χ0) is 26.6. The molecule has 15 heteroatoms. The van der Waals surface area contributed by atoms with Crippen LogP contribution in [0, 0.1) is 5.92 Å². The third-order valence-electron chi connectivity index (χ3n) is 4.40. The first-order valence-electron chi connectivity index (χ1n) is 10.3. The average Bonchev–Trinajstić information content (AvgIpc) is 2.68. The summed E-state index contributed by atoms with van der Waals surface area (Å²) in [4.78, 5) is 82.2. The van der Waals surface area contributed by atoms with Crippen LogP contribution in [-0.2, 0) is 33.6 Å². The maximum Gasteiger partial charge on any atom is 0.326 e. The normalized spacial score (nSPS) is 14.2. The Hall–Kier alpha value is -3.75. The molecule has 4 atom stereocenters. The molecule has 0 aliphatic carbocycles. The van der Waals surface area contributed by atoms with E-state index in [1.807, 2.05) is 19.2 Å².